The number of aliphatic imine (C=N–C) groups is 1. The van der Waals surface area contributed by atoms with Crippen molar-refractivity contribution in [3.8, 4) is 0 Å². The summed E-state index contributed by atoms with van der Waals surface area (Å²) in [6.45, 7) is 8.39. The first kappa shape index (κ1) is 15.4. The van der Waals surface area contributed by atoms with Gasteiger partial charge in [0, 0.05) is 19.6 Å². The van der Waals surface area contributed by atoms with E-state index in [1.807, 2.05) is 6.07 Å². The highest BCUT2D eigenvalue weighted by molar-refractivity contribution is 5.80. The molecule has 0 saturated carbocycles. The Hall–Kier alpha value is -1.49. The molecule has 0 bridgehead atoms. The monoisotopic (exact) mass is 304 g/mol. The van der Waals surface area contributed by atoms with Crippen LogP contribution in [0.4, 0.5) is 0 Å². The molecule has 2 aliphatic heterocycles. The number of hydrogen-bond acceptors (Lipinski definition) is 3. The van der Waals surface area contributed by atoms with Crippen LogP contribution in [0.1, 0.15) is 44.4 Å². The van der Waals surface area contributed by atoms with Crippen LogP contribution in [-0.2, 0) is 0 Å². The summed E-state index contributed by atoms with van der Waals surface area (Å²) in [5.41, 5.74) is 0. The van der Waals surface area contributed by atoms with Crippen molar-refractivity contribution in [2.45, 2.75) is 38.6 Å². The van der Waals surface area contributed by atoms with Crippen LogP contribution in [0.5, 0.6) is 0 Å². The molecule has 0 spiro atoms. The zero-order valence-corrected chi connectivity index (χ0v) is 13.6. The van der Waals surface area contributed by atoms with Gasteiger partial charge in [-0.05, 0) is 57.8 Å². The van der Waals surface area contributed by atoms with Gasteiger partial charge in [-0.2, -0.15) is 0 Å². The quantitative estimate of drug-likeness (QED) is 0.670. The van der Waals surface area contributed by atoms with E-state index in [-0.39, 0.29) is 6.04 Å². The number of furan rings is 1. The Morgan fingerprint density at radius 3 is 2.59 bits per heavy atom. The topological polar surface area (TPSA) is 44.0 Å². The predicted octanol–water partition coefficient (Wildman–Crippen LogP) is 2.48. The standard InChI is InChI=1S/C17H28N4O/c1-2-18-17(21-11-5-6-12-21)19-14-15(16-8-7-13-22-16)20-9-3-4-10-20/h7-8,13,15H,2-6,9-12,14H2,1H3,(H,18,19). The largest absolute Gasteiger partial charge is 0.468 e. The minimum Gasteiger partial charge on any atom is -0.468 e. The van der Waals surface area contributed by atoms with Crippen LogP contribution < -0.4 is 5.32 Å². The third kappa shape index (κ3) is 3.64. The first-order valence-corrected chi connectivity index (χ1v) is 8.69. The molecule has 0 radical (unpaired) electrons. The molecule has 1 N–H and O–H groups in total. The zero-order valence-electron chi connectivity index (χ0n) is 13.6. The van der Waals surface area contributed by atoms with E-state index in [1.165, 1.54) is 25.7 Å². The van der Waals surface area contributed by atoms with Crippen molar-refractivity contribution in [2.75, 3.05) is 39.3 Å². The summed E-state index contributed by atoms with van der Waals surface area (Å²) in [6.07, 6.45) is 6.89. The first-order chi connectivity index (χ1) is 10.9. The van der Waals surface area contributed by atoms with Gasteiger partial charge in [-0.15, -0.1) is 0 Å². The molecule has 0 amide bonds. The molecule has 1 aromatic heterocycles. The van der Waals surface area contributed by atoms with Gasteiger partial charge in [0.05, 0.1) is 18.8 Å². The average molecular weight is 304 g/mol. The SMILES string of the molecule is CCNC(=NCC(c1ccco1)N1CCCC1)N1CCCC1. The van der Waals surface area contributed by atoms with Gasteiger partial charge in [0.25, 0.3) is 0 Å². The fourth-order valence-electron chi connectivity index (χ4n) is 3.45. The van der Waals surface area contributed by atoms with Crippen molar-refractivity contribution < 1.29 is 4.42 Å². The lowest BCUT2D eigenvalue weighted by Crippen LogP contribution is -2.40. The summed E-state index contributed by atoms with van der Waals surface area (Å²) < 4.78 is 5.68. The fraction of sp³-hybridized carbons (Fsp3) is 0.706. The summed E-state index contributed by atoms with van der Waals surface area (Å²) in [5, 5.41) is 3.44. The Balaban J connectivity index is 1.71. The van der Waals surface area contributed by atoms with Gasteiger partial charge in [-0.3, -0.25) is 9.89 Å². The lowest BCUT2D eigenvalue weighted by atomic mass is 10.2. The summed E-state index contributed by atoms with van der Waals surface area (Å²) in [6, 6.07) is 4.34. The van der Waals surface area contributed by atoms with Gasteiger partial charge in [-0.25, -0.2) is 0 Å². The Labute approximate surface area is 133 Å². The van der Waals surface area contributed by atoms with Crippen LogP contribution in [0.3, 0.4) is 0 Å². The Kier molecular flexibility index (Phi) is 5.38. The van der Waals surface area contributed by atoms with E-state index in [4.69, 9.17) is 9.41 Å². The van der Waals surface area contributed by atoms with E-state index in [9.17, 15) is 0 Å². The van der Waals surface area contributed by atoms with Crippen LogP contribution in [0.25, 0.3) is 0 Å². The average Bonchev–Trinajstić information content (AvgIpc) is 3.28. The van der Waals surface area contributed by atoms with Gasteiger partial charge in [-0.1, -0.05) is 0 Å². The van der Waals surface area contributed by atoms with Gasteiger partial charge in [0.2, 0.25) is 0 Å². The fourth-order valence-corrected chi connectivity index (χ4v) is 3.45. The van der Waals surface area contributed by atoms with Crippen LogP contribution >= 0.6 is 0 Å². The van der Waals surface area contributed by atoms with Crippen molar-refractivity contribution in [3.63, 3.8) is 0 Å². The summed E-state index contributed by atoms with van der Waals surface area (Å²) in [5.74, 6) is 2.11. The van der Waals surface area contributed by atoms with Crippen molar-refractivity contribution in [3.05, 3.63) is 24.2 Å². The zero-order chi connectivity index (χ0) is 15.2. The first-order valence-electron chi connectivity index (χ1n) is 8.69. The lowest BCUT2D eigenvalue weighted by Gasteiger charge is -2.26. The lowest BCUT2D eigenvalue weighted by molar-refractivity contribution is 0.220. The van der Waals surface area contributed by atoms with Gasteiger partial charge >= 0.3 is 0 Å². The Bertz CT molecular complexity index is 459. The molecule has 3 heterocycles. The van der Waals surface area contributed by atoms with Crippen molar-refractivity contribution in [1.82, 2.24) is 15.1 Å². The highest BCUT2D eigenvalue weighted by Crippen LogP contribution is 2.26. The number of rotatable bonds is 5. The molecule has 3 rings (SSSR count). The normalized spacial score (nSPS) is 21.5. The molecule has 122 valence electrons. The molecule has 0 aromatic carbocycles. The van der Waals surface area contributed by atoms with Crippen LogP contribution in [0.2, 0.25) is 0 Å². The molecule has 5 heteroatoms. The molecule has 2 aliphatic rings. The van der Waals surface area contributed by atoms with Crippen molar-refractivity contribution >= 4 is 5.96 Å². The van der Waals surface area contributed by atoms with Gasteiger partial charge in [0.1, 0.15) is 5.76 Å². The third-order valence-corrected chi connectivity index (χ3v) is 4.61. The maximum atomic E-state index is 5.68. The van der Waals surface area contributed by atoms with E-state index in [1.54, 1.807) is 6.26 Å². The molecule has 22 heavy (non-hydrogen) atoms. The number of hydrogen-bond donors (Lipinski definition) is 1. The van der Waals surface area contributed by atoms with Crippen LogP contribution in [-0.4, -0.2) is 55.0 Å². The van der Waals surface area contributed by atoms with E-state index in [0.717, 1.165) is 51.0 Å². The smallest absolute Gasteiger partial charge is 0.193 e. The predicted molar refractivity (Wildman–Crippen MR) is 89.0 cm³/mol. The van der Waals surface area contributed by atoms with Gasteiger partial charge < -0.3 is 14.6 Å². The Morgan fingerprint density at radius 1 is 1.23 bits per heavy atom. The highest BCUT2D eigenvalue weighted by Gasteiger charge is 2.26. The molecular formula is C17H28N4O. The molecule has 0 aliphatic carbocycles. The molecule has 5 nitrogen and oxygen atoms in total. The second kappa shape index (κ2) is 7.68. The van der Waals surface area contributed by atoms with E-state index in [0.29, 0.717) is 0 Å². The second-order valence-electron chi connectivity index (χ2n) is 6.16. The van der Waals surface area contributed by atoms with Gasteiger partial charge in [0.15, 0.2) is 5.96 Å². The van der Waals surface area contributed by atoms with Crippen LogP contribution in [0.15, 0.2) is 27.8 Å². The maximum Gasteiger partial charge on any atom is 0.193 e. The van der Waals surface area contributed by atoms with E-state index in [2.05, 4.69) is 28.1 Å². The van der Waals surface area contributed by atoms with E-state index < -0.39 is 0 Å². The molecular weight excluding hydrogens is 276 g/mol. The second-order valence-corrected chi connectivity index (χ2v) is 6.16. The molecule has 1 aromatic rings. The highest BCUT2D eigenvalue weighted by atomic mass is 16.3. The Morgan fingerprint density at radius 2 is 1.95 bits per heavy atom. The molecule has 1 atom stereocenters. The maximum absolute atomic E-state index is 5.68. The summed E-state index contributed by atoms with van der Waals surface area (Å²) in [4.78, 5) is 9.82. The third-order valence-electron chi connectivity index (χ3n) is 4.61. The number of guanidine groups is 1. The van der Waals surface area contributed by atoms with E-state index >= 15 is 0 Å². The van der Waals surface area contributed by atoms with Crippen molar-refractivity contribution in [1.29, 1.82) is 0 Å². The molecule has 2 fully saturated rings. The summed E-state index contributed by atoms with van der Waals surface area (Å²) in [7, 11) is 0. The van der Waals surface area contributed by atoms with Crippen LogP contribution in [0, 0.1) is 0 Å². The molecule has 1 unspecified atom stereocenters. The minimum atomic E-state index is 0.272. The number of nitrogens with zero attached hydrogens (tertiary/aromatic N) is 3. The van der Waals surface area contributed by atoms with Crippen molar-refractivity contribution in [2.24, 2.45) is 4.99 Å². The minimum absolute atomic E-state index is 0.272. The number of likely N-dealkylation sites (tertiary alicyclic amines) is 2. The number of nitrogens with one attached hydrogen (secondary N) is 1. The summed E-state index contributed by atoms with van der Waals surface area (Å²) >= 11 is 0. The molecule has 2 saturated heterocycles.